The normalized spacial score (nSPS) is 18.2. The summed E-state index contributed by atoms with van der Waals surface area (Å²) in [4.78, 5) is 50.0. The molecule has 3 amide bonds. The Hall–Kier alpha value is -2.87. The number of nitrogens with one attached hydrogen (secondary N) is 2. The molecule has 2 aliphatic heterocycles. The molecule has 2 heterocycles. The molecule has 1 aromatic rings. The van der Waals surface area contributed by atoms with Crippen molar-refractivity contribution in [1.29, 1.82) is 0 Å². The van der Waals surface area contributed by atoms with Crippen molar-refractivity contribution >= 4 is 39.2 Å². The van der Waals surface area contributed by atoms with Gasteiger partial charge in [-0.25, -0.2) is 8.42 Å². The first-order chi connectivity index (χ1) is 18.4. The average Bonchev–Trinajstić information content (AvgIpc) is 3.37. The first kappa shape index (κ1) is 30.7. The van der Waals surface area contributed by atoms with Crippen LogP contribution in [0.5, 0.6) is 0 Å². The van der Waals surface area contributed by atoms with Crippen LogP contribution in [0.1, 0.15) is 46.0 Å². The topological polar surface area (TPSA) is 173 Å². The molecule has 0 saturated carbocycles. The van der Waals surface area contributed by atoms with Crippen molar-refractivity contribution < 1.29 is 37.8 Å². The molecule has 0 bridgehead atoms. The monoisotopic (exact) mass is 566 g/mol. The summed E-state index contributed by atoms with van der Waals surface area (Å²) in [5, 5.41) is 24.2. The third-order valence-electron chi connectivity index (χ3n) is 7.29. The van der Waals surface area contributed by atoms with E-state index in [0.29, 0.717) is 31.5 Å². The minimum Gasteiger partial charge on any atom is -0.396 e. The van der Waals surface area contributed by atoms with Gasteiger partial charge in [0.25, 0.3) is 5.91 Å². The van der Waals surface area contributed by atoms with Crippen LogP contribution in [0.3, 0.4) is 0 Å². The van der Waals surface area contributed by atoms with Gasteiger partial charge in [-0.1, -0.05) is 13.8 Å². The van der Waals surface area contributed by atoms with Gasteiger partial charge in [-0.15, -0.1) is 0 Å². The molecule has 2 fully saturated rings. The predicted molar refractivity (Wildman–Crippen MR) is 142 cm³/mol. The van der Waals surface area contributed by atoms with Gasteiger partial charge in [-0.3, -0.25) is 19.2 Å². The number of sulfonamides is 1. The van der Waals surface area contributed by atoms with Gasteiger partial charge in [0.05, 0.1) is 11.5 Å². The van der Waals surface area contributed by atoms with Gasteiger partial charge in [0.1, 0.15) is 6.10 Å². The number of Topliss-reactive ketones (excluding diaryl/α,β-unsaturated/α-hetero) is 1. The van der Waals surface area contributed by atoms with Gasteiger partial charge in [0.2, 0.25) is 27.6 Å². The SMILES string of the molecule is CC(C)(CO)[C@@H](O)C(=O)NCCC(=O)C(=O)NCC1CCN(S(=O)(=O)c2ccc(N3CCCC3=O)cc2)CC1. The highest BCUT2D eigenvalue weighted by atomic mass is 32.2. The van der Waals surface area contributed by atoms with Crippen molar-refractivity contribution in [3.05, 3.63) is 24.3 Å². The minimum absolute atomic E-state index is 0.00678. The van der Waals surface area contributed by atoms with E-state index < -0.39 is 45.7 Å². The molecule has 216 valence electrons. The summed E-state index contributed by atoms with van der Waals surface area (Å²) in [6.07, 6.45) is 0.617. The molecule has 13 heteroatoms. The number of carbonyl (C=O) groups is 4. The number of aliphatic hydroxyl groups is 2. The van der Waals surface area contributed by atoms with Crippen molar-refractivity contribution in [2.24, 2.45) is 11.3 Å². The number of nitrogens with zero attached hydrogens (tertiary/aromatic N) is 2. The standard InChI is InChI=1S/C26H38N4O8S/c1-26(2,17-31)23(34)25(36)27-12-9-21(32)24(35)28-16-18-10-14-29(15-11-18)39(37,38)20-7-5-19(6-8-20)30-13-3-4-22(30)33/h5-8,18,23,31,34H,3-4,9-17H2,1-2H3,(H,27,36)(H,28,35)/t23-/m0/s1. The number of hydrogen-bond donors (Lipinski definition) is 4. The third kappa shape index (κ3) is 7.62. The Labute approximate surface area is 228 Å². The van der Waals surface area contributed by atoms with E-state index in [1.807, 2.05) is 0 Å². The molecule has 2 aliphatic rings. The zero-order valence-corrected chi connectivity index (χ0v) is 23.2. The van der Waals surface area contributed by atoms with E-state index in [1.54, 1.807) is 17.0 Å². The summed E-state index contributed by atoms with van der Waals surface area (Å²) in [6.45, 7) is 3.93. The maximum absolute atomic E-state index is 13.1. The summed E-state index contributed by atoms with van der Waals surface area (Å²) >= 11 is 0. The van der Waals surface area contributed by atoms with E-state index in [1.165, 1.54) is 30.3 Å². The molecule has 3 rings (SSSR count). The minimum atomic E-state index is -3.70. The fourth-order valence-corrected chi connectivity index (χ4v) is 5.98. The largest absolute Gasteiger partial charge is 0.396 e. The lowest BCUT2D eigenvalue weighted by Crippen LogP contribution is -2.46. The molecular formula is C26H38N4O8S. The number of anilines is 1. The van der Waals surface area contributed by atoms with Gasteiger partial charge >= 0.3 is 0 Å². The molecule has 12 nitrogen and oxygen atoms in total. The number of rotatable bonds is 12. The molecule has 0 spiro atoms. The molecule has 4 N–H and O–H groups in total. The molecule has 0 aromatic heterocycles. The third-order valence-corrected chi connectivity index (χ3v) is 9.20. The molecular weight excluding hydrogens is 528 g/mol. The van der Waals surface area contributed by atoms with E-state index in [4.69, 9.17) is 0 Å². The second kappa shape index (κ2) is 13.0. The second-order valence-electron chi connectivity index (χ2n) is 10.7. The van der Waals surface area contributed by atoms with Crippen LogP contribution in [0.4, 0.5) is 5.69 Å². The number of ketones is 1. The smallest absolute Gasteiger partial charge is 0.287 e. The van der Waals surface area contributed by atoms with Crippen LogP contribution in [-0.4, -0.2) is 91.9 Å². The molecule has 2 saturated heterocycles. The zero-order valence-electron chi connectivity index (χ0n) is 22.4. The molecule has 1 atom stereocenters. The van der Waals surface area contributed by atoms with Gasteiger partial charge in [0, 0.05) is 56.7 Å². The lowest BCUT2D eigenvalue weighted by Gasteiger charge is -2.31. The summed E-state index contributed by atoms with van der Waals surface area (Å²) in [5.74, 6) is -2.20. The van der Waals surface area contributed by atoms with E-state index in [2.05, 4.69) is 10.6 Å². The van der Waals surface area contributed by atoms with Gasteiger partial charge in [-0.2, -0.15) is 4.31 Å². The molecule has 0 unspecified atom stereocenters. The fraction of sp³-hybridized carbons (Fsp3) is 0.615. The highest BCUT2D eigenvalue weighted by Crippen LogP contribution is 2.27. The van der Waals surface area contributed by atoms with Crippen LogP contribution < -0.4 is 15.5 Å². The number of hydrogen-bond acceptors (Lipinski definition) is 8. The van der Waals surface area contributed by atoms with Crippen molar-refractivity contribution in [1.82, 2.24) is 14.9 Å². The van der Waals surface area contributed by atoms with E-state index in [0.717, 1.165) is 6.42 Å². The summed E-state index contributed by atoms with van der Waals surface area (Å²) in [5.41, 5.74) is -0.356. The Balaban J connectivity index is 1.40. The first-order valence-electron chi connectivity index (χ1n) is 13.1. The first-order valence-corrected chi connectivity index (χ1v) is 14.6. The number of benzene rings is 1. The lowest BCUT2D eigenvalue weighted by molar-refractivity contribution is -0.139. The van der Waals surface area contributed by atoms with E-state index in [-0.39, 0.29) is 49.3 Å². The average molecular weight is 567 g/mol. The summed E-state index contributed by atoms with van der Waals surface area (Å²) in [6, 6.07) is 6.34. The Morgan fingerprint density at radius 2 is 1.72 bits per heavy atom. The summed E-state index contributed by atoms with van der Waals surface area (Å²) in [7, 11) is -3.70. The zero-order chi connectivity index (χ0) is 28.8. The quantitative estimate of drug-likeness (QED) is 0.251. The van der Waals surface area contributed by atoms with Crippen molar-refractivity contribution in [2.75, 3.05) is 44.2 Å². The van der Waals surface area contributed by atoms with Crippen LogP contribution in [0.15, 0.2) is 29.2 Å². The lowest BCUT2D eigenvalue weighted by atomic mass is 9.87. The molecule has 1 aromatic carbocycles. The van der Waals surface area contributed by atoms with Gasteiger partial charge in [0.15, 0.2) is 0 Å². The van der Waals surface area contributed by atoms with E-state index >= 15 is 0 Å². The van der Waals surface area contributed by atoms with Crippen LogP contribution in [0.25, 0.3) is 0 Å². The Bertz CT molecular complexity index is 1160. The number of aliphatic hydroxyl groups excluding tert-OH is 2. The predicted octanol–water partition coefficient (Wildman–Crippen LogP) is -0.215. The van der Waals surface area contributed by atoms with Crippen molar-refractivity contribution in [3.63, 3.8) is 0 Å². The molecule has 0 radical (unpaired) electrons. The maximum Gasteiger partial charge on any atom is 0.287 e. The Kier molecular flexibility index (Phi) is 10.2. The Morgan fingerprint density at radius 3 is 2.28 bits per heavy atom. The highest BCUT2D eigenvalue weighted by Gasteiger charge is 2.33. The van der Waals surface area contributed by atoms with Crippen LogP contribution in [0, 0.1) is 11.3 Å². The van der Waals surface area contributed by atoms with Gasteiger partial charge in [-0.05, 0) is 49.4 Å². The summed E-state index contributed by atoms with van der Waals surface area (Å²) < 4.78 is 27.6. The Morgan fingerprint density at radius 1 is 1.08 bits per heavy atom. The van der Waals surface area contributed by atoms with Crippen molar-refractivity contribution in [2.45, 2.75) is 57.0 Å². The maximum atomic E-state index is 13.1. The molecule has 39 heavy (non-hydrogen) atoms. The highest BCUT2D eigenvalue weighted by molar-refractivity contribution is 7.89. The second-order valence-corrected chi connectivity index (χ2v) is 12.7. The van der Waals surface area contributed by atoms with Crippen molar-refractivity contribution in [3.8, 4) is 0 Å². The van der Waals surface area contributed by atoms with E-state index in [9.17, 15) is 37.8 Å². The number of amides is 3. The van der Waals surface area contributed by atoms with Crippen LogP contribution >= 0.6 is 0 Å². The fourth-order valence-electron chi connectivity index (χ4n) is 4.51. The van der Waals surface area contributed by atoms with Crippen LogP contribution in [-0.2, 0) is 29.2 Å². The van der Waals surface area contributed by atoms with Crippen LogP contribution in [0.2, 0.25) is 0 Å². The number of piperidine rings is 1. The van der Waals surface area contributed by atoms with Gasteiger partial charge < -0.3 is 25.7 Å². The molecule has 0 aliphatic carbocycles. The number of carbonyl (C=O) groups excluding carboxylic acids is 4.